The molecule has 0 saturated heterocycles. The molecule has 1 unspecified atom stereocenters. The topological polar surface area (TPSA) is 54.0 Å². The quantitative estimate of drug-likeness (QED) is 0.899. The van der Waals surface area contributed by atoms with Gasteiger partial charge in [0.2, 0.25) is 0 Å². The highest BCUT2D eigenvalue weighted by Crippen LogP contribution is 2.20. The monoisotopic (exact) mass is 289 g/mol. The number of hydrogen-bond acceptors (Lipinski definition) is 2. The number of hydrogen-bond donors (Lipinski definition) is 2. The van der Waals surface area contributed by atoms with Crippen molar-refractivity contribution >= 4 is 23.3 Å². The fourth-order valence-corrected chi connectivity index (χ4v) is 1.92. The summed E-state index contributed by atoms with van der Waals surface area (Å²) in [5.41, 5.74) is 2.44. The average Bonchev–Trinajstić information content (AvgIpc) is 2.44. The zero-order valence-electron chi connectivity index (χ0n) is 11.4. The maximum absolute atomic E-state index is 11.9. The Morgan fingerprint density at radius 3 is 2.75 bits per heavy atom. The second-order valence-electron chi connectivity index (χ2n) is 4.54. The van der Waals surface area contributed by atoms with E-state index in [4.69, 9.17) is 11.6 Å². The number of anilines is 1. The standard InChI is InChI=1S/C15H16ClN3O/c1-10-6-7-12(9-13(10)16)19-15(20)18-11(2)14-5-3-4-8-17-14/h3-9,11H,1-2H3,(H2,18,19,20). The molecule has 0 aliphatic carbocycles. The maximum atomic E-state index is 11.9. The van der Waals surface area contributed by atoms with Crippen molar-refractivity contribution in [1.82, 2.24) is 10.3 Å². The number of urea groups is 1. The minimum absolute atomic E-state index is 0.169. The van der Waals surface area contributed by atoms with Crippen molar-refractivity contribution in [2.75, 3.05) is 5.32 Å². The molecule has 0 radical (unpaired) electrons. The van der Waals surface area contributed by atoms with E-state index < -0.39 is 0 Å². The van der Waals surface area contributed by atoms with Crippen LogP contribution in [-0.4, -0.2) is 11.0 Å². The van der Waals surface area contributed by atoms with Gasteiger partial charge in [-0.25, -0.2) is 4.79 Å². The molecule has 0 spiro atoms. The number of rotatable bonds is 3. The van der Waals surface area contributed by atoms with Crippen molar-refractivity contribution in [2.24, 2.45) is 0 Å². The number of benzene rings is 1. The van der Waals surface area contributed by atoms with Crippen molar-refractivity contribution in [3.05, 3.63) is 58.9 Å². The number of nitrogens with one attached hydrogen (secondary N) is 2. The molecule has 2 aromatic rings. The number of pyridine rings is 1. The second-order valence-corrected chi connectivity index (χ2v) is 4.95. The van der Waals surface area contributed by atoms with Gasteiger partial charge in [-0.15, -0.1) is 0 Å². The number of amides is 2. The summed E-state index contributed by atoms with van der Waals surface area (Å²) in [5.74, 6) is 0. The largest absolute Gasteiger partial charge is 0.330 e. The fraction of sp³-hybridized carbons (Fsp3) is 0.200. The zero-order valence-corrected chi connectivity index (χ0v) is 12.1. The minimum Gasteiger partial charge on any atom is -0.330 e. The first-order valence-corrected chi connectivity index (χ1v) is 6.68. The molecule has 0 saturated carbocycles. The molecule has 1 heterocycles. The van der Waals surface area contributed by atoms with Crippen LogP contribution < -0.4 is 10.6 Å². The van der Waals surface area contributed by atoms with Crippen LogP contribution in [-0.2, 0) is 0 Å². The number of aromatic nitrogens is 1. The molecule has 2 amide bonds. The van der Waals surface area contributed by atoms with Gasteiger partial charge in [-0.3, -0.25) is 4.98 Å². The molecule has 2 rings (SSSR count). The summed E-state index contributed by atoms with van der Waals surface area (Å²) in [5, 5.41) is 6.20. The third-order valence-electron chi connectivity index (χ3n) is 2.91. The highest BCUT2D eigenvalue weighted by molar-refractivity contribution is 6.31. The molecular weight excluding hydrogens is 274 g/mol. The Morgan fingerprint density at radius 2 is 2.10 bits per heavy atom. The van der Waals surface area contributed by atoms with Crippen LogP contribution in [0, 0.1) is 6.92 Å². The van der Waals surface area contributed by atoms with E-state index >= 15 is 0 Å². The third kappa shape index (κ3) is 3.71. The summed E-state index contributed by atoms with van der Waals surface area (Å²) in [7, 11) is 0. The van der Waals surface area contributed by atoms with Crippen LogP contribution >= 0.6 is 11.6 Å². The van der Waals surface area contributed by atoms with E-state index in [-0.39, 0.29) is 12.1 Å². The van der Waals surface area contributed by atoms with Crippen molar-refractivity contribution in [2.45, 2.75) is 19.9 Å². The predicted molar refractivity (Wildman–Crippen MR) is 81.0 cm³/mol. The van der Waals surface area contributed by atoms with Crippen LogP contribution in [0.3, 0.4) is 0 Å². The lowest BCUT2D eigenvalue weighted by Gasteiger charge is -2.14. The lowest BCUT2D eigenvalue weighted by atomic mass is 10.2. The first-order chi connectivity index (χ1) is 9.56. The van der Waals surface area contributed by atoms with E-state index in [9.17, 15) is 4.79 Å². The second kappa shape index (κ2) is 6.39. The highest BCUT2D eigenvalue weighted by Gasteiger charge is 2.10. The Labute approximate surface area is 123 Å². The Morgan fingerprint density at radius 1 is 1.30 bits per heavy atom. The molecule has 1 aromatic carbocycles. The Kier molecular flexibility index (Phi) is 4.58. The van der Waals surface area contributed by atoms with Gasteiger partial charge in [-0.1, -0.05) is 23.7 Å². The van der Waals surface area contributed by atoms with Crippen molar-refractivity contribution in [3.8, 4) is 0 Å². The van der Waals surface area contributed by atoms with E-state index in [1.54, 1.807) is 12.3 Å². The fourth-order valence-electron chi connectivity index (χ4n) is 1.74. The minimum atomic E-state index is -0.289. The van der Waals surface area contributed by atoms with Crippen molar-refractivity contribution in [3.63, 3.8) is 0 Å². The van der Waals surface area contributed by atoms with E-state index in [0.29, 0.717) is 10.7 Å². The van der Waals surface area contributed by atoms with Crippen LogP contribution in [0.1, 0.15) is 24.2 Å². The predicted octanol–water partition coefficient (Wildman–Crippen LogP) is 3.93. The first kappa shape index (κ1) is 14.3. The molecule has 1 aromatic heterocycles. The summed E-state index contributed by atoms with van der Waals surface area (Å²) in [6.45, 7) is 3.79. The molecule has 104 valence electrons. The molecule has 0 aliphatic heterocycles. The number of carbonyl (C=O) groups is 1. The van der Waals surface area contributed by atoms with E-state index in [1.165, 1.54) is 0 Å². The Bertz CT molecular complexity index is 601. The van der Waals surface area contributed by atoms with Gasteiger partial charge in [0, 0.05) is 16.9 Å². The molecule has 0 fully saturated rings. The summed E-state index contributed by atoms with van der Waals surface area (Å²) < 4.78 is 0. The first-order valence-electron chi connectivity index (χ1n) is 6.31. The van der Waals surface area contributed by atoms with Gasteiger partial charge < -0.3 is 10.6 Å². The van der Waals surface area contributed by atoms with Crippen LogP contribution in [0.5, 0.6) is 0 Å². The van der Waals surface area contributed by atoms with Crippen molar-refractivity contribution in [1.29, 1.82) is 0 Å². The summed E-state index contributed by atoms with van der Waals surface area (Å²) in [4.78, 5) is 16.1. The SMILES string of the molecule is Cc1ccc(NC(=O)NC(C)c2ccccn2)cc1Cl. The summed E-state index contributed by atoms with van der Waals surface area (Å²) >= 11 is 6.02. The number of aryl methyl sites for hydroxylation is 1. The lowest BCUT2D eigenvalue weighted by Crippen LogP contribution is -2.31. The van der Waals surface area contributed by atoms with Gasteiger partial charge >= 0.3 is 6.03 Å². The molecule has 4 nitrogen and oxygen atoms in total. The Hall–Kier alpha value is -2.07. The molecule has 5 heteroatoms. The maximum Gasteiger partial charge on any atom is 0.319 e. The smallest absolute Gasteiger partial charge is 0.319 e. The molecule has 1 atom stereocenters. The number of nitrogens with zero attached hydrogens (tertiary/aromatic N) is 1. The third-order valence-corrected chi connectivity index (χ3v) is 3.32. The molecule has 0 bridgehead atoms. The van der Waals surface area contributed by atoms with Gasteiger partial charge in [0.1, 0.15) is 0 Å². The summed E-state index contributed by atoms with van der Waals surface area (Å²) in [6, 6.07) is 10.5. The van der Waals surface area contributed by atoms with Crippen molar-refractivity contribution < 1.29 is 4.79 Å². The highest BCUT2D eigenvalue weighted by atomic mass is 35.5. The molecule has 20 heavy (non-hydrogen) atoms. The average molecular weight is 290 g/mol. The van der Waals surface area contributed by atoms with E-state index in [2.05, 4.69) is 15.6 Å². The lowest BCUT2D eigenvalue weighted by molar-refractivity contribution is 0.249. The van der Waals surface area contributed by atoms with Gasteiger partial charge in [-0.2, -0.15) is 0 Å². The molecule has 0 aliphatic rings. The van der Waals surface area contributed by atoms with Gasteiger partial charge in [0.15, 0.2) is 0 Å². The van der Waals surface area contributed by atoms with Gasteiger partial charge in [-0.05, 0) is 43.7 Å². The number of halogens is 1. The van der Waals surface area contributed by atoms with E-state index in [0.717, 1.165) is 11.3 Å². The van der Waals surface area contributed by atoms with Gasteiger partial charge in [0.25, 0.3) is 0 Å². The van der Waals surface area contributed by atoms with Crippen LogP contribution in [0.2, 0.25) is 5.02 Å². The van der Waals surface area contributed by atoms with Gasteiger partial charge in [0.05, 0.1) is 11.7 Å². The molecular formula is C15H16ClN3O. The Balaban J connectivity index is 1.97. The van der Waals surface area contributed by atoms with E-state index in [1.807, 2.05) is 44.2 Å². The zero-order chi connectivity index (χ0) is 14.5. The number of carbonyl (C=O) groups excluding carboxylic acids is 1. The van der Waals surface area contributed by atoms with Crippen LogP contribution in [0.25, 0.3) is 0 Å². The normalized spacial score (nSPS) is 11.8. The summed E-state index contributed by atoms with van der Waals surface area (Å²) in [6.07, 6.45) is 1.70. The molecule has 2 N–H and O–H groups in total. The van der Waals surface area contributed by atoms with Crippen LogP contribution in [0.4, 0.5) is 10.5 Å². The van der Waals surface area contributed by atoms with Crippen LogP contribution in [0.15, 0.2) is 42.6 Å².